The van der Waals surface area contributed by atoms with Crippen LogP contribution in [0.2, 0.25) is 0 Å². The van der Waals surface area contributed by atoms with E-state index in [4.69, 9.17) is 0 Å². The number of nitrogens with one attached hydrogen (secondary N) is 2. The van der Waals surface area contributed by atoms with Gasteiger partial charge in [0.2, 0.25) is 0 Å². The number of hydrogen-bond acceptors (Lipinski definition) is 2. The molecule has 0 aliphatic rings. The molecule has 0 radical (unpaired) electrons. The molecule has 1 heterocycles. The van der Waals surface area contributed by atoms with Gasteiger partial charge in [-0.05, 0) is 37.0 Å². The molecule has 0 spiro atoms. The van der Waals surface area contributed by atoms with Crippen LogP contribution in [0.25, 0.3) is 0 Å². The maximum Gasteiger partial charge on any atom is 0.272 e. The molecule has 0 aliphatic heterocycles. The van der Waals surface area contributed by atoms with Crippen molar-refractivity contribution in [2.45, 2.75) is 33.6 Å². The molecule has 21 heavy (non-hydrogen) atoms. The third-order valence-electron chi connectivity index (χ3n) is 3.57. The maximum atomic E-state index is 12.3. The zero-order valence-corrected chi connectivity index (χ0v) is 12.6. The monoisotopic (exact) mass is 284 g/mol. The minimum atomic E-state index is -0.224. The third-order valence-corrected chi connectivity index (χ3v) is 3.57. The van der Waals surface area contributed by atoms with Crippen molar-refractivity contribution in [2.75, 3.05) is 5.32 Å². The number of ketones is 1. The molecule has 0 aliphatic carbocycles. The number of aromatic nitrogens is 1. The first-order chi connectivity index (χ1) is 10.1. The average molecular weight is 284 g/mol. The van der Waals surface area contributed by atoms with Crippen molar-refractivity contribution in [1.29, 1.82) is 0 Å². The molecule has 4 heteroatoms. The van der Waals surface area contributed by atoms with Crippen LogP contribution in [0.15, 0.2) is 30.5 Å². The van der Waals surface area contributed by atoms with E-state index in [0.717, 1.165) is 29.7 Å². The summed E-state index contributed by atoms with van der Waals surface area (Å²) in [5.41, 5.74) is 4.02. The summed E-state index contributed by atoms with van der Waals surface area (Å²) in [6, 6.07) is 7.63. The Morgan fingerprint density at radius 2 is 1.76 bits per heavy atom. The van der Waals surface area contributed by atoms with Crippen molar-refractivity contribution >= 4 is 17.4 Å². The Balaban J connectivity index is 2.28. The van der Waals surface area contributed by atoms with Crippen LogP contribution in [0.5, 0.6) is 0 Å². The van der Waals surface area contributed by atoms with E-state index in [-0.39, 0.29) is 11.7 Å². The predicted molar refractivity (Wildman–Crippen MR) is 83.9 cm³/mol. The van der Waals surface area contributed by atoms with E-state index in [1.807, 2.05) is 18.2 Å². The summed E-state index contributed by atoms with van der Waals surface area (Å²) in [5.74, 6) is -0.286. The zero-order chi connectivity index (χ0) is 15.4. The van der Waals surface area contributed by atoms with Gasteiger partial charge in [-0.1, -0.05) is 32.0 Å². The SMILES string of the molecule is CCc1cccc(CC)c1NC(=O)c1cc(C(C)=O)c[nH]1. The van der Waals surface area contributed by atoms with E-state index in [1.54, 1.807) is 12.3 Å². The van der Waals surface area contributed by atoms with Crippen LogP contribution in [0.1, 0.15) is 52.7 Å². The molecule has 4 nitrogen and oxygen atoms in total. The number of Topliss-reactive ketones (excluding diaryl/α,β-unsaturated/α-hetero) is 1. The highest BCUT2D eigenvalue weighted by atomic mass is 16.2. The molecule has 110 valence electrons. The fourth-order valence-corrected chi connectivity index (χ4v) is 2.31. The summed E-state index contributed by atoms with van der Waals surface area (Å²) in [4.78, 5) is 26.5. The summed E-state index contributed by atoms with van der Waals surface area (Å²) in [5, 5.41) is 2.97. The Bertz CT molecular complexity index is 649. The molecule has 2 aromatic rings. The zero-order valence-electron chi connectivity index (χ0n) is 12.6. The number of para-hydroxylation sites is 1. The van der Waals surface area contributed by atoms with Gasteiger partial charge in [-0.15, -0.1) is 0 Å². The van der Waals surface area contributed by atoms with Crippen LogP contribution in [0.3, 0.4) is 0 Å². The summed E-state index contributed by atoms with van der Waals surface area (Å²) >= 11 is 0. The first-order valence-corrected chi connectivity index (χ1v) is 7.18. The van der Waals surface area contributed by atoms with E-state index >= 15 is 0 Å². The Hall–Kier alpha value is -2.36. The second kappa shape index (κ2) is 6.39. The number of rotatable bonds is 5. The number of benzene rings is 1. The van der Waals surface area contributed by atoms with Gasteiger partial charge in [0.15, 0.2) is 5.78 Å². The van der Waals surface area contributed by atoms with Crippen LogP contribution in [0, 0.1) is 0 Å². The van der Waals surface area contributed by atoms with Crippen molar-refractivity contribution in [3.63, 3.8) is 0 Å². The molecule has 2 N–H and O–H groups in total. The number of anilines is 1. The first kappa shape index (κ1) is 15.0. The van der Waals surface area contributed by atoms with Crippen LogP contribution >= 0.6 is 0 Å². The first-order valence-electron chi connectivity index (χ1n) is 7.18. The quantitative estimate of drug-likeness (QED) is 0.824. The van der Waals surface area contributed by atoms with Crippen molar-refractivity contribution in [1.82, 2.24) is 4.98 Å². The number of aromatic amines is 1. The lowest BCUT2D eigenvalue weighted by Crippen LogP contribution is -2.15. The number of amides is 1. The summed E-state index contributed by atoms with van der Waals surface area (Å²) in [6.45, 7) is 5.60. The summed E-state index contributed by atoms with van der Waals surface area (Å²) < 4.78 is 0. The topological polar surface area (TPSA) is 62.0 Å². The number of aryl methyl sites for hydroxylation is 2. The predicted octanol–water partition coefficient (Wildman–Crippen LogP) is 3.59. The Morgan fingerprint density at radius 3 is 2.24 bits per heavy atom. The normalized spacial score (nSPS) is 10.4. The van der Waals surface area contributed by atoms with E-state index < -0.39 is 0 Å². The molecular weight excluding hydrogens is 264 g/mol. The molecule has 1 amide bonds. The number of carbonyl (C=O) groups excluding carboxylic acids is 2. The van der Waals surface area contributed by atoms with Gasteiger partial charge in [0.05, 0.1) is 0 Å². The van der Waals surface area contributed by atoms with Gasteiger partial charge in [0, 0.05) is 17.4 Å². The minimum Gasteiger partial charge on any atom is -0.356 e. The van der Waals surface area contributed by atoms with Crippen molar-refractivity contribution < 1.29 is 9.59 Å². The van der Waals surface area contributed by atoms with Crippen LogP contribution in [-0.2, 0) is 12.8 Å². The molecule has 0 bridgehead atoms. The molecule has 0 saturated heterocycles. The highest BCUT2D eigenvalue weighted by molar-refractivity contribution is 6.06. The number of hydrogen-bond donors (Lipinski definition) is 2. The smallest absolute Gasteiger partial charge is 0.272 e. The van der Waals surface area contributed by atoms with Crippen LogP contribution in [-0.4, -0.2) is 16.7 Å². The molecule has 1 aromatic heterocycles. The highest BCUT2D eigenvalue weighted by Crippen LogP contribution is 2.23. The van der Waals surface area contributed by atoms with E-state index in [0.29, 0.717) is 11.3 Å². The van der Waals surface area contributed by atoms with Crippen LogP contribution in [0.4, 0.5) is 5.69 Å². The Kier molecular flexibility index (Phi) is 4.58. The Morgan fingerprint density at radius 1 is 1.14 bits per heavy atom. The second-order valence-corrected chi connectivity index (χ2v) is 4.97. The van der Waals surface area contributed by atoms with Crippen molar-refractivity contribution in [2.24, 2.45) is 0 Å². The number of H-pyrrole nitrogens is 1. The highest BCUT2D eigenvalue weighted by Gasteiger charge is 2.14. The van der Waals surface area contributed by atoms with Crippen molar-refractivity contribution in [3.8, 4) is 0 Å². The van der Waals surface area contributed by atoms with Gasteiger partial charge in [-0.3, -0.25) is 9.59 Å². The lowest BCUT2D eigenvalue weighted by Gasteiger charge is -2.13. The van der Waals surface area contributed by atoms with E-state index in [2.05, 4.69) is 24.1 Å². The molecule has 0 fully saturated rings. The minimum absolute atomic E-state index is 0.0616. The van der Waals surface area contributed by atoms with Gasteiger partial charge < -0.3 is 10.3 Å². The molecule has 2 rings (SSSR count). The fourth-order valence-electron chi connectivity index (χ4n) is 2.31. The Labute approximate surface area is 124 Å². The van der Waals surface area contributed by atoms with Crippen LogP contribution < -0.4 is 5.32 Å². The standard InChI is InChI=1S/C17H20N2O2/c1-4-12-7-6-8-13(5-2)16(12)19-17(21)15-9-14(10-18-15)11(3)20/h6-10,18H,4-5H2,1-3H3,(H,19,21). The molecule has 0 atom stereocenters. The number of carbonyl (C=O) groups is 2. The molecule has 1 aromatic carbocycles. The average Bonchev–Trinajstić information content (AvgIpc) is 2.97. The van der Waals surface area contributed by atoms with Gasteiger partial charge in [0.1, 0.15) is 5.69 Å². The van der Waals surface area contributed by atoms with E-state index in [9.17, 15) is 9.59 Å². The molecule has 0 unspecified atom stereocenters. The second-order valence-electron chi connectivity index (χ2n) is 4.97. The lowest BCUT2D eigenvalue weighted by molar-refractivity contribution is 0.101. The largest absolute Gasteiger partial charge is 0.356 e. The maximum absolute atomic E-state index is 12.3. The summed E-state index contributed by atoms with van der Waals surface area (Å²) in [6.07, 6.45) is 3.27. The molecule has 0 saturated carbocycles. The third kappa shape index (κ3) is 3.21. The molecular formula is C17H20N2O2. The van der Waals surface area contributed by atoms with Crippen molar-refractivity contribution in [3.05, 3.63) is 52.8 Å². The lowest BCUT2D eigenvalue weighted by atomic mass is 10.0. The van der Waals surface area contributed by atoms with Gasteiger partial charge in [-0.2, -0.15) is 0 Å². The van der Waals surface area contributed by atoms with Gasteiger partial charge in [-0.25, -0.2) is 0 Å². The van der Waals surface area contributed by atoms with E-state index in [1.165, 1.54) is 6.92 Å². The fraction of sp³-hybridized carbons (Fsp3) is 0.294. The van der Waals surface area contributed by atoms with Gasteiger partial charge in [0.25, 0.3) is 5.91 Å². The summed E-state index contributed by atoms with van der Waals surface area (Å²) in [7, 11) is 0. The van der Waals surface area contributed by atoms with Gasteiger partial charge >= 0.3 is 0 Å².